The lowest BCUT2D eigenvalue weighted by Gasteiger charge is -2.13. The van der Waals surface area contributed by atoms with Gasteiger partial charge in [0.25, 0.3) is 0 Å². The summed E-state index contributed by atoms with van der Waals surface area (Å²) in [6.45, 7) is 0. The SMILES string of the molecule is c1ccc(-c2ccc(-c3nc(-c4ccccc4)nc(-c4cccc(-c5ccc(-n6c7ccccc7c7cc8ccccc8cc76)c6c5oc5ccccc56)c4)n3)cc2)cc1.c1ccc(-c2nc(-c3ccc(-c4ccc(-n5c6ccccc6c6cc7ccccc7cc65)c5c4oc4ccccc45)cc3)nc(-c3ccc4ccccc4c3)n2)cc1. The fraction of sp³-hybridized carbons (Fsp3) is 0. The molecule has 0 aliphatic heterocycles. The van der Waals surface area contributed by atoms with Crippen LogP contribution in [0.15, 0.2) is 409 Å². The number of benzene rings is 18. The smallest absolute Gasteiger partial charge is 0.164 e. The van der Waals surface area contributed by atoms with Gasteiger partial charge in [0.2, 0.25) is 0 Å². The predicted molar refractivity (Wildman–Crippen MR) is 484 cm³/mol. The Bertz CT molecular complexity index is 8110. The number of rotatable bonds is 11. The summed E-state index contributed by atoms with van der Waals surface area (Å²) in [6.07, 6.45) is 0. The van der Waals surface area contributed by atoms with Crippen LogP contribution in [-0.2, 0) is 0 Å². The topological polar surface area (TPSA) is 113 Å². The van der Waals surface area contributed by atoms with Crippen LogP contribution in [0, 0.1) is 0 Å². The van der Waals surface area contributed by atoms with E-state index in [9.17, 15) is 0 Å². The monoisotopic (exact) mass is 1510 g/mol. The number of para-hydroxylation sites is 4. The average Bonchev–Trinajstić information content (AvgIpc) is 1.56. The second kappa shape index (κ2) is 28.0. The first-order chi connectivity index (χ1) is 58.5. The van der Waals surface area contributed by atoms with Gasteiger partial charge in [0.1, 0.15) is 22.3 Å². The Labute approximate surface area is 676 Å². The first-order valence-corrected chi connectivity index (χ1v) is 39.7. The summed E-state index contributed by atoms with van der Waals surface area (Å²) in [6, 6.07) is 140. The van der Waals surface area contributed by atoms with Gasteiger partial charge in [0.05, 0.1) is 44.2 Å². The second-order valence-corrected chi connectivity index (χ2v) is 30.0. The lowest BCUT2D eigenvalue weighted by Crippen LogP contribution is -2.00. The normalized spacial score (nSPS) is 11.7. The highest BCUT2D eigenvalue weighted by molar-refractivity contribution is 6.21. The van der Waals surface area contributed by atoms with Gasteiger partial charge in [0.15, 0.2) is 34.9 Å². The molecule has 0 saturated heterocycles. The lowest BCUT2D eigenvalue weighted by atomic mass is 9.99. The van der Waals surface area contributed by atoms with Crippen LogP contribution in [0.2, 0.25) is 0 Å². The number of furan rings is 2. The molecule has 0 amide bonds. The summed E-state index contributed by atoms with van der Waals surface area (Å²) in [4.78, 5) is 30.2. The highest BCUT2D eigenvalue weighted by Gasteiger charge is 2.26. The summed E-state index contributed by atoms with van der Waals surface area (Å²) in [5.74, 6) is 3.73. The first-order valence-electron chi connectivity index (χ1n) is 39.7. The van der Waals surface area contributed by atoms with Gasteiger partial charge < -0.3 is 18.0 Å². The minimum atomic E-state index is 0.600. The maximum Gasteiger partial charge on any atom is 0.164 e. The number of aromatic nitrogens is 8. The maximum atomic E-state index is 6.86. The molecule has 0 bridgehead atoms. The van der Waals surface area contributed by atoms with Crippen LogP contribution in [0.5, 0.6) is 0 Å². The fourth-order valence-corrected chi connectivity index (χ4v) is 17.4. The van der Waals surface area contributed by atoms with Crippen molar-refractivity contribution in [2.45, 2.75) is 0 Å². The Morgan fingerprint density at radius 2 is 0.492 bits per heavy atom. The van der Waals surface area contributed by atoms with E-state index < -0.39 is 0 Å². The van der Waals surface area contributed by atoms with Gasteiger partial charge in [-0.3, -0.25) is 0 Å². The molecular formula is C108H66N8O2. The zero-order valence-corrected chi connectivity index (χ0v) is 63.5. The number of fused-ring (bicyclic) bond motifs is 15. The molecule has 118 heavy (non-hydrogen) atoms. The standard InChI is InChI=1S/C55H34N4O.C53H32N4O/c1-3-14-35(15-4-1)36-26-28-38(29-27-36)54-56-53(37-16-5-2-6-17-37)57-55(58-54)42-21-13-20-41(32-42)43-30-31-48(51-45-23-10-12-25-50(45)60-52(43)51)59-47-24-11-9-22-44(47)46-33-39-18-7-8-19-40(39)34-49(46)59;1-2-13-35(14-3-1)51-54-52(56-53(55-51)40-27-22-33-12-4-5-15-37(33)30-40)36-25-23-34(24-26-36)41-28-29-46(49-43-19-9-11-21-48(43)58-50(41)49)57-45-20-10-8-18-42(45)44-31-38-16-6-7-17-39(38)32-47(44)57/h1-34H;1-32H. The summed E-state index contributed by atoms with van der Waals surface area (Å²) in [5, 5.41) is 16.4. The maximum absolute atomic E-state index is 6.86. The van der Waals surface area contributed by atoms with Gasteiger partial charge >= 0.3 is 0 Å². The van der Waals surface area contributed by atoms with Crippen LogP contribution in [-0.4, -0.2) is 39.0 Å². The molecule has 18 aromatic carbocycles. The van der Waals surface area contributed by atoms with Crippen LogP contribution in [0.25, 0.3) is 233 Å². The second-order valence-electron chi connectivity index (χ2n) is 30.0. The summed E-state index contributed by atoms with van der Waals surface area (Å²) >= 11 is 0. The molecule has 0 fully saturated rings. The molecule has 0 saturated carbocycles. The molecule has 0 N–H and O–H groups in total. The summed E-state index contributed by atoms with van der Waals surface area (Å²) in [7, 11) is 0. The van der Waals surface area contributed by atoms with Crippen LogP contribution in [0.3, 0.4) is 0 Å². The number of nitrogens with zero attached hydrogens (tertiary/aromatic N) is 8. The minimum absolute atomic E-state index is 0.600. The molecule has 550 valence electrons. The molecule has 10 heteroatoms. The van der Waals surface area contributed by atoms with Gasteiger partial charge in [-0.15, -0.1) is 0 Å². The van der Waals surface area contributed by atoms with Crippen molar-refractivity contribution in [1.29, 1.82) is 0 Å². The van der Waals surface area contributed by atoms with Crippen LogP contribution >= 0.6 is 0 Å². The van der Waals surface area contributed by atoms with Crippen LogP contribution < -0.4 is 0 Å². The highest BCUT2D eigenvalue weighted by Crippen LogP contribution is 2.47. The molecule has 0 aliphatic rings. The molecule has 6 aromatic heterocycles. The van der Waals surface area contributed by atoms with Gasteiger partial charge in [-0.1, -0.05) is 315 Å². The van der Waals surface area contributed by atoms with Gasteiger partial charge in [-0.2, -0.15) is 0 Å². The fourth-order valence-electron chi connectivity index (χ4n) is 17.4. The zero-order valence-electron chi connectivity index (χ0n) is 63.5. The highest BCUT2D eigenvalue weighted by atomic mass is 16.3. The molecule has 6 heterocycles. The van der Waals surface area contributed by atoms with Gasteiger partial charge in [-0.25, -0.2) is 29.9 Å². The molecule has 0 aliphatic carbocycles. The Hall–Kier alpha value is -16.0. The molecular weight excluding hydrogens is 1440 g/mol. The summed E-state index contributed by atoms with van der Waals surface area (Å²) in [5.41, 5.74) is 22.1. The Kier molecular flexibility index (Phi) is 16.0. The van der Waals surface area contributed by atoms with Crippen LogP contribution in [0.4, 0.5) is 0 Å². The molecule has 10 nitrogen and oxygen atoms in total. The Morgan fingerprint density at radius 3 is 0.966 bits per heavy atom. The predicted octanol–water partition coefficient (Wildman–Crippen LogP) is 28.2. The van der Waals surface area contributed by atoms with Gasteiger partial charge in [-0.05, 0) is 140 Å². The van der Waals surface area contributed by atoms with E-state index in [1.165, 1.54) is 54.0 Å². The van der Waals surface area contributed by atoms with E-state index in [1.54, 1.807) is 0 Å². The quantitative estimate of drug-likeness (QED) is 0.126. The van der Waals surface area contributed by atoms with E-state index in [4.69, 9.17) is 38.7 Å². The third kappa shape index (κ3) is 11.6. The van der Waals surface area contributed by atoms with E-state index >= 15 is 0 Å². The van der Waals surface area contributed by atoms with Crippen molar-refractivity contribution in [2.24, 2.45) is 0 Å². The van der Waals surface area contributed by atoms with E-state index in [1.807, 2.05) is 78.9 Å². The van der Waals surface area contributed by atoms with E-state index in [0.717, 1.165) is 144 Å². The number of hydrogen-bond acceptors (Lipinski definition) is 8. The zero-order chi connectivity index (χ0) is 77.7. The molecule has 0 radical (unpaired) electrons. The van der Waals surface area contributed by atoms with Crippen molar-refractivity contribution < 1.29 is 8.83 Å². The van der Waals surface area contributed by atoms with Crippen molar-refractivity contribution >= 4 is 120 Å². The van der Waals surface area contributed by atoms with E-state index in [2.05, 4.69) is 331 Å². The minimum Gasteiger partial charge on any atom is -0.455 e. The van der Waals surface area contributed by atoms with Crippen molar-refractivity contribution in [3.05, 3.63) is 400 Å². The van der Waals surface area contributed by atoms with E-state index in [-0.39, 0.29) is 0 Å². The average molecular weight is 1510 g/mol. The molecule has 24 rings (SSSR count). The van der Waals surface area contributed by atoms with Crippen molar-refractivity contribution in [3.8, 4) is 113 Å². The van der Waals surface area contributed by atoms with E-state index in [0.29, 0.717) is 34.9 Å². The largest absolute Gasteiger partial charge is 0.455 e. The van der Waals surface area contributed by atoms with Crippen LogP contribution in [0.1, 0.15) is 0 Å². The molecule has 0 atom stereocenters. The van der Waals surface area contributed by atoms with Gasteiger partial charge in [0, 0.05) is 76.8 Å². The van der Waals surface area contributed by atoms with Crippen molar-refractivity contribution in [3.63, 3.8) is 0 Å². The molecule has 0 unspecified atom stereocenters. The third-order valence-electron chi connectivity index (χ3n) is 23.0. The third-order valence-corrected chi connectivity index (χ3v) is 23.0. The van der Waals surface area contributed by atoms with Crippen molar-refractivity contribution in [1.82, 2.24) is 39.0 Å². The lowest BCUT2D eigenvalue weighted by molar-refractivity contribution is 0.669. The number of hydrogen-bond donors (Lipinski definition) is 0. The molecule has 24 aromatic rings. The first kappa shape index (κ1) is 67.6. The van der Waals surface area contributed by atoms with Crippen molar-refractivity contribution in [2.75, 3.05) is 0 Å². The summed E-state index contributed by atoms with van der Waals surface area (Å²) < 4.78 is 18.5. The molecule has 0 spiro atoms. The Balaban J connectivity index is 0.000000138. The Morgan fingerprint density at radius 1 is 0.178 bits per heavy atom.